The maximum atomic E-state index is 12.3. The van der Waals surface area contributed by atoms with Crippen LogP contribution >= 0.6 is 22.7 Å². The van der Waals surface area contributed by atoms with Crippen molar-refractivity contribution < 1.29 is 9.32 Å². The molecule has 1 aliphatic rings. The van der Waals surface area contributed by atoms with Crippen molar-refractivity contribution in [3.8, 4) is 11.5 Å². The largest absolute Gasteiger partial charge is 0.338 e. The molecule has 122 valence electrons. The molecule has 0 saturated carbocycles. The molecular weight excluding hydrogens is 342 g/mol. The molecule has 7 heteroatoms. The molecule has 5 nitrogen and oxygen atoms in total. The van der Waals surface area contributed by atoms with Crippen molar-refractivity contribution in [2.75, 3.05) is 13.1 Å². The van der Waals surface area contributed by atoms with Crippen LogP contribution in [0.3, 0.4) is 0 Å². The number of hydrogen-bond acceptors (Lipinski definition) is 6. The maximum Gasteiger partial charge on any atom is 0.258 e. The SMILES string of the molecule is O=C(/C=C\c1cccs1)N1CC[C@H](c2noc(-c3ccsc3)n2)C1. The Balaban J connectivity index is 1.40. The minimum Gasteiger partial charge on any atom is -0.338 e. The Labute approximate surface area is 147 Å². The van der Waals surface area contributed by atoms with Crippen molar-refractivity contribution in [3.63, 3.8) is 0 Å². The number of nitrogens with zero attached hydrogens (tertiary/aromatic N) is 3. The van der Waals surface area contributed by atoms with Crippen molar-refractivity contribution in [2.24, 2.45) is 0 Å². The van der Waals surface area contributed by atoms with E-state index < -0.39 is 0 Å². The molecule has 1 saturated heterocycles. The van der Waals surface area contributed by atoms with Gasteiger partial charge in [0.25, 0.3) is 5.89 Å². The number of hydrogen-bond donors (Lipinski definition) is 0. The van der Waals surface area contributed by atoms with Crippen LogP contribution in [0.4, 0.5) is 0 Å². The highest BCUT2D eigenvalue weighted by atomic mass is 32.1. The molecule has 3 aromatic heterocycles. The normalized spacial score (nSPS) is 17.8. The molecule has 0 N–H and O–H groups in total. The standard InChI is InChI=1S/C17H15N3O2S2/c21-15(4-3-14-2-1-8-24-14)20-7-5-12(10-20)16-18-17(22-19-16)13-6-9-23-11-13/h1-4,6,8-9,11-12H,5,7,10H2/b4-3-/t12-/m0/s1. The second-order valence-electron chi connectivity index (χ2n) is 5.59. The van der Waals surface area contributed by atoms with E-state index in [0.29, 0.717) is 18.3 Å². The molecule has 24 heavy (non-hydrogen) atoms. The third-order valence-electron chi connectivity index (χ3n) is 4.01. The van der Waals surface area contributed by atoms with Crippen molar-refractivity contribution in [2.45, 2.75) is 12.3 Å². The molecular formula is C17H15N3O2S2. The first-order chi connectivity index (χ1) is 11.8. The maximum absolute atomic E-state index is 12.3. The van der Waals surface area contributed by atoms with Gasteiger partial charge < -0.3 is 9.42 Å². The minimum absolute atomic E-state index is 0.0347. The molecule has 0 spiro atoms. The first kappa shape index (κ1) is 15.3. The van der Waals surface area contributed by atoms with E-state index in [2.05, 4.69) is 10.1 Å². The van der Waals surface area contributed by atoms with Gasteiger partial charge in [0, 0.05) is 35.3 Å². The number of amides is 1. The Bertz CT molecular complexity index is 837. The predicted molar refractivity (Wildman–Crippen MR) is 94.9 cm³/mol. The van der Waals surface area contributed by atoms with Gasteiger partial charge in [0.2, 0.25) is 5.91 Å². The predicted octanol–water partition coefficient (Wildman–Crippen LogP) is 3.89. The van der Waals surface area contributed by atoms with Gasteiger partial charge in [-0.2, -0.15) is 16.3 Å². The Morgan fingerprint density at radius 1 is 1.38 bits per heavy atom. The van der Waals surface area contributed by atoms with Crippen molar-refractivity contribution in [3.05, 3.63) is 51.1 Å². The molecule has 1 atom stereocenters. The lowest BCUT2D eigenvalue weighted by atomic mass is 10.1. The number of likely N-dealkylation sites (tertiary alicyclic amines) is 1. The molecule has 0 radical (unpaired) electrons. The third-order valence-corrected chi connectivity index (χ3v) is 5.53. The van der Waals surface area contributed by atoms with Gasteiger partial charge >= 0.3 is 0 Å². The number of carbonyl (C=O) groups excluding carboxylic acids is 1. The second kappa shape index (κ2) is 6.70. The van der Waals surface area contributed by atoms with Crippen LogP contribution in [-0.2, 0) is 4.79 Å². The highest BCUT2D eigenvalue weighted by Gasteiger charge is 2.29. The van der Waals surface area contributed by atoms with Gasteiger partial charge in [0.05, 0.1) is 5.56 Å². The number of carbonyl (C=O) groups is 1. The molecule has 1 aliphatic heterocycles. The smallest absolute Gasteiger partial charge is 0.258 e. The van der Waals surface area contributed by atoms with Crippen LogP contribution in [0.5, 0.6) is 0 Å². The van der Waals surface area contributed by atoms with Crippen molar-refractivity contribution >= 4 is 34.7 Å². The van der Waals surface area contributed by atoms with E-state index in [0.717, 1.165) is 23.4 Å². The summed E-state index contributed by atoms with van der Waals surface area (Å²) < 4.78 is 5.34. The Morgan fingerprint density at radius 2 is 2.33 bits per heavy atom. The summed E-state index contributed by atoms with van der Waals surface area (Å²) >= 11 is 3.21. The summed E-state index contributed by atoms with van der Waals surface area (Å²) in [5.74, 6) is 1.41. The number of aromatic nitrogens is 2. The summed E-state index contributed by atoms with van der Waals surface area (Å²) in [6.45, 7) is 1.36. The number of thiophene rings is 2. The van der Waals surface area contributed by atoms with Gasteiger partial charge in [-0.25, -0.2) is 0 Å². The van der Waals surface area contributed by atoms with Crippen molar-refractivity contribution in [1.29, 1.82) is 0 Å². The lowest BCUT2D eigenvalue weighted by Gasteiger charge is -2.12. The Morgan fingerprint density at radius 3 is 3.12 bits per heavy atom. The van der Waals surface area contributed by atoms with E-state index in [9.17, 15) is 4.79 Å². The van der Waals surface area contributed by atoms with Crippen molar-refractivity contribution in [1.82, 2.24) is 15.0 Å². The zero-order valence-corrected chi connectivity index (χ0v) is 14.4. The topological polar surface area (TPSA) is 59.2 Å². The van der Waals surface area contributed by atoms with Crippen LogP contribution in [-0.4, -0.2) is 34.0 Å². The fourth-order valence-electron chi connectivity index (χ4n) is 2.72. The summed E-state index contributed by atoms with van der Waals surface area (Å²) in [4.78, 5) is 19.7. The van der Waals surface area contributed by atoms with E-state index >= 15 is 0 Å². The monoisotopic (exact) mass is 357 g/mol. The fraction of sp³-hybridized carbons (Fsp3) is 0.235. The highest BCUT2D eigenvalue weighted by molar-refractivity contribution is 7.10. The average Bonchev–Trinajstić information content (AvgIpc) is 3.40. The molecule has 1 fully saturated rings. The van der Waals surface area contributed by atoms with Crippen LogP contribution < -0.4 is 0 Å². The molecule has 4 heterocycles. The second-order valence-corrected chi connectivity index (χ2v) is 7.35. The van der Waals surface area contributed by atoms with Gasteiger partial charge in [-0.3, -0.25) is 4.79 Å². The quantitative estimate of drug-likeness (QED) is 0.665. The minimum atomic E-state index is 0.0347. The van der Waals surface area contributed by atoms with E-state index in [1.54, 1.807) is 28.7 Å². The first-order valence-corrected chi connectivity index (χ1v) is 9.48. The molecule has 3 aromatic rings. The first-order valence-electron chi connectivity index (χ1n) is 7.66. The zero-order chi connectivity index (χ0) is 16.4. The van der Waals surface area contributed by atoms with E-state index in [1.165, 1.54) is 0 Å². The molecule has 1 amide bonds. The molecule has 0 unspecified atom stereocenters. The summed E-state index contributed by atoms with van der Waals surface area (Å²) in [6, 6.07) is 5.93. The summed E-state index contributed by atoms with van der Waals surface area (Å²) in [5, 5.41) is 10.1. The van der Waals surface area contributed by atoms with E-state index in [1.807, 2.05) is 45.3 Å². The highest BCUT2D eigenvalue weighted by Crippen LogP contribution is 2.28. The Hall–Kier alpha value is -2.25. The molecule has 0 aromatic carbocycles. The van der Waals surface area contributed by atoms with Gasteiger partial charge in [-0.1, -0.05) is 11.2 Å². The third kappa shape index (κ3) is 3.18. The van der Waals surface area contributed by atoms with Crippen LogP contribution in [0.25, 0.3) is 17.5 Å². The zero-order valence-electron chi connectivity index (χ0n) is 12.8. The lowest BCUT2D eigenvalue weighted by molar-refractivity contribution is -0.124. The number of rotatable bonds is 4. The van der Waals surface area contributed by atoms with Gasteiger partial charge in [-0.05, 0) is 35.4 Å². The van der Waals surface area contributed by atoms with Crippen LogP contribution in [0.15, 0.2) is 44.9 Å². The summed E-state index contributed by atoms with van der Waals surface area (Å²) in [7, 11) is 0. The summed E-state index contributed by atoms with van der Waals surface area (Å²) in [6.07, 6.45) is 4.37. The van der Waals surface area contributed by atoms with E-state index in [4.69, 9.17) is 4.52 Å². The molecule has 0 bridgehead atoms. The molecule has 4 rings (SSSR count). The summed E-state index contributed by atoms with van der Waals surface area (Å²) in [5.41, 5.74) is 0.948. The Kier molecular flexibility index (Phi) is 4.27. The van der Waals surface area contributed by atoms with Crippen LogP contribution in [0.1, 0.15) is 23.0 Å². The van der Waals surface area contributed by atoms with Crippen LogP contribution in [0.2, 0.25) is 0 Å². The van der Waals surface area contributed by atoms with Crippen LogP contribution in [0, 0.1) is 0 Å². The van der Waals surface area contributed by atoms with Gasteiger partial charge in [0.1, 0.15) is 0 Å². The molecule has 0 aliphatic carbocycles. The fourth-order valence-corrected chi connectivity index (χ4v) is 3.97. The van der Waals surface area contributed by atoms with Gasteiger partial charge in [-0.15, -0.1) is 11.3 Å². The average molecular weight is 357 g/mol. The van der Waals surface area contributed by atoms with Gasteiger partial charge in [0.15, 0.2) is 5.82 Å². The van der Waals surface area contributed by atoms with E-state index in [-0.39, 0.29) is 11.8 Å². The lowest BCUT2D eigenvalue weighted by Crippen LogP contribution is -2.26.